The Kier molecular flexibility index (Phi) is 4.06. The van der Waals surface area contributed by atoms with E-state index < -0.39 is 17.6 Å². The van der Waals surface area contributed by atoms with Gasteiger partial charge in [-0.3, -0.25) is 4.79 Å². The van der Waals surface area contributed by atoms with Crippen molar-refractivity contribution in [3.8, 4) is 0 Å². The quantitative estimate of drug-likeness (QED) is 0.914. The number of aromatic nitrogens is 2. The number of carbonyl (C=O) groups excluding carboxylic acids is 1. The molecule has 1 amide bonds. The summed E-state index contributed by atoms with van der Waals surface area (Å²) in [4.78, 5) is 19.5. The normalized spacial score (nSPS) is 11.0. The summed E-state index contributed by atoms with van der Waals surface area (Å²) in [6, 6.07) is 3.40. The van der Waals surface area contributed by atoms with Crippen LogP contribution in [0.1, 0.15) is 15.9 Å². The molecule has 5 nitrogen and oxygen atoms in total. The van der Waals surface area contributed by atoms with Crippen molar-refractivity contribution in [3.63, 3.8) is 0 Å². The summed E-state index contributed by atoms with van der Waals surface area (Å²) in [6.45, 7) is 0. The number of nitrogens with zero attached hydrogens (tertiary/aromatic N) is 2. The van der Waals surface area contributed by atoms with E-state index in [4.69, 9.17) is 0 Å². The summed E-state index contributed by atoms with van der Waals surface area (Å²) < 4.78 is 38.7. The number of halogens is 3. The van der Waals surface area contributed by atoms with Crippen LogP contribution in [0.2, 0.25) is 0 Å². The Labute approximate surface area is 118 Å². The van der Waals surface area contributed by atoms with Crippen LogP contribution >= 0.6 is 0 Å². The number of carbonyl (C=O) groups is 1. The van der Waals surface area contributed by atoms with Crippen molar-refractivity contribution in [2.24, 2.45) is 0 Å². The van der Waals surface area contributed by atoms with Gasteiger partial charge in [-0.05, 0) is 12.1 Å². The zero-order chi connectivity index (χ0) is 15.5. The summed E-state index contributed by atoms with van der Waals surface area (Å²) in [6.07, 6.45) is -0.585. The third-order valence-corrected chi connectivity index (χ3v) is 2.68. The standard InChI is InChI=1S/C13H11F3N4O/c1-17-11-9(3-2-4-10(11)13(14,15)16)12(21)20-8-5-18-7-19-6-8/h2-7,17H,1H3,(H,20,21). The predicted octanol–water partition coefficient (Wildman–Crippen LogP) is 2.79. The molecule has 0 atom stereocenters. The van der Waals surface area contributed by atoms with E-state index in [-0.39, 0.29) is 11.3 Å². The van der Waals surface area contributed by atoms with Crippen LogP contribution in [0.15, 0.2) is 36.9 Å². The Hall–Kier alpha value is -2.64. The second-order valence-corrected chi connectivity index (χ2v) is 4.06. The summed E-state index contributed by atoms with van der Waals surface area (Å²) in [5.74, 6) is -0.680. The molecule has 0 aliphatic rings. The molecule has 0 bridgehead atoms. The largest absolute Gasteiger partial charge is 0.418 e. The molecule has 8 heteroatoms. The third kappa shape index (κ3) is 3.28. The SMILES string of the molecule is CNc1c(C(=O)Nc2cncnc2)cccc1C(F)(F)F. The van der Waals surface area contributed by atoms with Crippen LogP contribution in [0.25, 0.3) is 0 Å². The van der Waals surface area contributed by atoms with Crippen LogP contribution in [0.3, 0.4) is 0 Å². The number of hydrogen-bond acceptors (Lipinski definition) is 4. The summed E-state index contributed by atoms with van der Waals surface area (Å²) in [7, 11) is 1.33. The molecule has 2 aromatic rings. The molecule has 1 heterocycles. The van der Waals surface area contributed by atoms with E-state index in [0.717, 1.165) is 6.07 Å². The Morgan fingerprint density at radius 1 is 1.19 bits per heavy atom. The second-order valence-electron chi connectivity index (χ2n) is 4.06. The molecular formula is C13H11F3N4O. The van der Waals surface area contributed by atoms with Crippen LogP contribution < -0.4 is 10.6 Å². The molecule has 0 saturated carbocycles. The van der Waals surface area contributed by atoms with Crippen LogP contribution in [0.4, 0.5) is 24.5 Å². The minimum absolute atomic E-state index is 0.115. The number of hydrogen-bond donors (Lipinski definition) is 2. The van der Waals surface area contributed by atoms with Gasteiger partial charge in [0.15, 0.2) is 0 Å². The molecule has 0 fully saturated rings. The van der Waals surface area contributed by atoms with E-state index in [1.54, 1.807) is 0 Å². The number of benzene rings is 1. The van der Waals surface area contributed by atoms with Crippen molar-refractivity contribution >= 4 is 17.3 Å². The summed E-state index contributed by atoms with van der Waals surface area (Å²) >= 11 is 0. The van der Waals surface area contributed by atoms with E-state index in [9.17, 15) is 18.0 Å². The van der Waals surface area contributed by atoms with Gasteiger partial charge in [0, 0.05) is 7.05 Å². The van der Waals surface area contributed by atoms with Gasteiger partial charge >= 0.3 is 6.18 Å². The maximum absolute atomic E-state index is 12.9. The number of amides is 1. The topological polar surface area (TPSA) is 66.9 Å². The van der Waals surface area contributed by atoms with Crippen LogP contribution in [-0.4, -0.2) is 22.9 Å². The van der Waals surface area contributed by atoms with Crippen LogP contribution in [0, 0.1) is 0 Å². The van der Waals surface area contributed by atoms with Gasteiger partial charge in [-0.1, -0.05) is 6.07 Å². The van der Waals surface area contributed by atoms with Gasteiger partial charge in [-0.15, -0.1) is 0 Å². The highest BCUT2D eigenvalue weighted by atomic mass is 19.4. The maximum atomic E-state index is 12.9. The van der Waals surface area contributed by atoms with E-state index in [1.807, 2.05) is 0 Å². The molecule has 0 radical (unpaired) electrons. The van der Waals surface area contributed by atoms with Crippen LogP contribution in [0.5, 0.6) is 0 Å². The summed E-state index contributed by atoms with van der Waals surface area (Å²) in [5.41, 5.74) is -1.00. The van der Waals surface area contributed by atoms with Crippen molar-refractivity contribution in [1.82, 2.24) is 9.97 Å². The molecule has 110 valence electrons. The zero-order valence-corrected chi connectivity index (χ0v) is 10.9. The van der Waals surface area contributed by atoms with E-state index in [1.165, 1.54) is 37.9 Å². The van der Waals surface area contributed by atoms with Gasteiger partial charge in [0.1, 0.15) is 6.33 Å². The smallest absolute Gasteiger partial charge is 0.387 e. The Balaban J connectivity index is 2.38. The Morgan fingerprint density at radius 2 is 1.86 bits per heavy atom. The minimum atomic E-state index is -4.55. The van der Waals surface area contributed by atoms with Crippen LogP contribution in [-0.2, 0) is 6.18 Å². The highest BCUT2D eigenvalue weighted by Crippen LogP contribution is 2.36. The lowest BCUT2D eigenvalue weighted by Crippen LogP contribution is -2.17. The average Bonchev–Trinajstić information content (AvgIpc) is 2.46. The maximum Gasteiger partial charge on any atom is 0.418 e. The number of alkyl halides is 3. The molecule has 2 rings (SSSR count). The van der Waals surface area contributed by atoms with Gasteiger partial charge in [0.2, 0.25) is 0 Å². The molecule has 0 spiro atoms. The first-order valence-corrected chi connectivity index (χ1v) is 5.88. The molecule has 21 heavy (non-hydrogen) atoms. The lowest BCUT2D eigenvalue weighted by atomic mass is 10.1. The van der Waals surface area contributed by atoms with Gasteiger partial charge in [-0.2, -0.15) is 13.2 Å². The molecule has 0 saturated heterocycles. The number of nitrogens with one attached hydrogen (secondary N) is 2. The van der Waals surface area contributed by atoms with Gasteiger partial charge in [0.25, 0.3) is 5.91 Å². The van der Waals surface area contributed by atoms with E-state index >= 15 is 0 Å². The molecule has 0 aliphatic carbocycles. The number of para-hydroxylation sites is 1. The van der Waals surface area contributed by atoms with Gasteiger partial charge < -0.3 is 10.6 Å². The molecule has 0 aliphatic heterocycles. The average molecular weight is 296 g/mol. The third-order valence-electron chi connectivity index (χ3n) is 2.68. The zero-order valence-electron chi connectivity index (χ0n) is 10.9. The molecule has 0 unspecified atom stereocenters. The fourth-order valence-electron chi connectivity index (χ4n) is 1.81. The predicted molar refractivity (Wildman–Crippen MR) is 71.0 cm³/mol. The Morgan fingerprint density at radius 3 is 2.43 bits per heavy atom. The van der Waals surface area contributed by atoms with Crippen molar-refractivity contribution in [2.45, 2.75) is 6.18 Å². The first kappa shape index (κ1) is 14.8. The highest BCUT2D eigenvalue weighted by Gasteiger charge is 2.34. The fourth-order valence-corrected chi connectivity index (χ4v) is 1.81. The van der Waals surface area contributed by atoms with Crippen molar-refractivity contribution < 1.29 is 18.0 Å². The van der Waals surface area contributed by atoms with Crippen molar-refractivity contribution in [1.29, 1.82) is 0 Å². The molecule has 1 aromatic heterocycles. The highest BCUT2D eigenvalue weighted by molar-refractivity contribution is 6.08. The number of rotatable bonds is 3. The van der Waals surface area contributed by atoms with Gasteiger partial charge in [-0.25, -0.2) is 9.97 Å². The van der Waals surface area contributed by atoms with E-state index in [2.05, 4.69) is 20.6 Å². The monoisotopic (exact) mass is 296 g/mol. The minimum Gasteiger partial charge on any atom is -0.387 e. The molecule has 1 aromatic carbocycles. The lowest BCUT2D eigenvalue weighted by molar-refractivity contribution is -0.136. The van der Waals surface area contributed by atoms with E-state index in [0.29, 0.717) is 5.69 Å². The summed E-state index contributed by atoms with van der Waals surface area (Å²) in [5, 5.41) is 4.87. The molecule has 2 N–H and O–H groups in total. The Bertz CT molecular complexity index is 644. The second kappa shape index (κ2) is 5.78. The first-order valence-electron chi connectivity index (χ1n) is 5.88. The number of anilines is 2. The molecular weight excluding hydrogens is 285 g/mol. The fraction of sp³-hybridized carbons (Fsp3) is 0.154. The van der Waals surface area contributed by atoms with Crippen molar-refractivity contribution in [2.75, 3.05) is 17.7 Å². The van der Waals surface area contributed by atoms with Crippen molar-refractivity contribution in [3.05, 3.63) is 48.0 Å². The van der Waals surface area contributed by atoms with Gasteiger partial charge in [0.05, 0.1) is 34.9 Å². The first-order chi connectivity index (χ1) is 9.93. The lowest BCUT2D eigenvalue weighted by Gasteiger charge is -2.16.